The summed E-state index contributed by atoms with van der Waals surface area (Å²) in [5.41, 5.74) is 1.08. The molecular weight excluding hydrogens is 269 g/mol. The molecule has 0 amide bonds. The Bertz CT molecular complexity index is 384. The fraction of sp³-hybridized carbons (Fsp3) is 0.385. The van der Waals surface area contributed by atoms with Gasteiger partial charge in [-0.15, -0.1) is 12.3 Å². The minimum atomic E-state index is -0.234. The molecule has 0 aliphatic rings. The molecule has 1 unspecified atom stereocenters. The number of terminal acetylenes is 1. The average Bonchev–Trinajstić information content (AvgIpc) is 2.29. The van der Waals surface area contributed by atoms with E-state index >= 15 is 0 Å². The highest BCUT2D eigenvalue weighted by molar-refractivity contribution is 9.10. The van der Waals surface area contributed by atoms with E-state index in [-0.39, 0.29) is 11.9 Å². The smallest absolute Gasteiger partial charge is 0.137 e. The largest absolute Gasteiger partial charge is 0.313 e. The van der Waals surface area contributed by atoms with Crippen molar-refractivity contribution < 1.29 is 4.39 Å². The van der Waals surface area contributed by atoms with Crippen LogP contribution >= 0.6 is 15.9 Å². The number of nitrogens with one attached hydrogen (secondary N) is 1. The molecule has 0 heterocycles. The normalized spacial score (nSPS) is 12.1. The van der Waals surface area contributed by atoms with Gasteiger partial charge in [0, 0.05) is 12.5 Å². The first-order chi connectivity index (χ1) is 7.69. The molecule has 1 atom stereocenters. The second-order valence-electron chi connectivity index (χ2n) is 3.61. The molecule has 0 saturated heterocycles. The first kappa shape index (κ1) is 13.2. The maximum atomic E-state index is 13.1. The van der Waals surface area contributed by atoms with Crippen LogP contribution in [0.15, 0.2) is 22.7 Å². The van der Waals surface area contributed by atoms with Gasteiger partial charge in [0.25, 0.3) is 0 Å². The molecule has 1 rings (SSSR count). The Balaban J connectivity index is 2.71. The summed E-state index contributed by atoms with van der Waals surface area (Å²) in [5.74, 6) is 2.39. The first-order valence-corrected chi connectivity index (χ1v) is 6.04. The summed E-state index contributed by atoms with van der Waals surface area (Å²) >= 11 is 3.19. The summed E-state index contributed by atoms with van der Waals surface area (Å²) in [7, 11) is 1.90. The molecule has 86 valence electrons. The van der Waals surface area contributed by atoms with Crippen LogP contribution in [0.5, 0.6) is 0 Å². The van der Waals surface area contributed by atoms with Gasteiger partial charge in [-0.25, -0.2) is 4.39 Å². The Morgan fingerprint density at radius 3 is 2.88 bits per heavy atom. The molecule has 1 N–H and O–H groups in total. The minimum absolute atomic E-state index is 0.227. The maximum absolute atomic E-state index is 13.1. The summed E-state index contributed by atoms with van der Waals surface area (Å²) in [4.78, 5) is 0. The van der Waals surface area contributed by atoms with Gasteiger partial charge < -0.3 is 5.32 Å². The molecule has 1 aromatic rings. The lowest BCUT2D eigenvalue weighted by atomic mass is 10.0. The predicted octanol–water partition coefficient (Wildman–Crippen LogP) is 3.65. The van der Waals surface area contributed by atoms with E-state index < -0.39 is 0 Å². The summed E-state index contributed by atoms with van der Waals surface area (Å²) in [6.07, 6.45) is 7.92. The van der Waals surface area contributed by atoms with E-state index in [4.69, 9.17) is 6.42 Å². The van der Waals surface area contributed by atoms with Gasteiger partial charge in [0.15, 0.2) is 0 Å². The zero-order valence-electron chi connectivity index (χ0n) is 9.26. The highest BCUT2D eigenvalue weighted by atomic mass is 79.9. The van der Waals surface area contributed by atoms with Crippen molar-refractivity contribution in [3.8, 4) is 12.3 Å². The maximum Gasteiger partial charge on any atom is 0.137 e. The third kappa shape index (κ3) is 3.62. The van der Waals surface area contributed by atoms with Gasteiger partial charge >= 0.3 is 0 Å². The van der Waals surface area contributed by atoms with E-state index in [1.54, 1.807) is 6.07 Å². The van der Waals surface area contributed by atoms with Gasteiger partial charge in [-0.05, 0) is 53.5 Å². The topological polar surface area (TPSA) is 12.0 Å². The number of benzene rings is 1. The molecule has 16 heavy (non-hydrogen) atoms. The predicted molar refractivity (Wildman–Crippen MR) is 68.6 cm³/mol. The third-order valence-electron chi connectivity index (χ3n) is 2.51. The van der Waals surface area contributed by atoms with Crippen LogP contribution in [-0.2, 0) is 0 Å². The molecule has 0 aromatic heterocycles. The summed E-state index contributed by atoms with van der Waals surface area (Å²) in [6, 6.07) is 5.32. The summed E-state index contributed by atoms with van der Waals surface area (Å²) < 4.78 is 13.6. The quantitative estimate of drug-likeness (QED) is 0.643. The van der Waals surface area contributed by atoms with E-state index in [1.165, 1.54) is 6.07 Å². The second-order valence-corrected chi connectivity index (χ2v) is 4.47. The van der Waals surface area contributed by atoms with E-state index in [0.29, 0.717) is 4.47 Å². The van der Waals surface area contributed by atoms with Crippen LogP contribution in [0.4, 0.5) is 4.39 Å². The van der Waals surface area contributed by atoms with E-state index in [9.17, 15) is 4.39 Å². The van der Waals surface area contributed by atoms with Crippen LogP contribution in [0.2, 0.25) is 0 Å². The Morgan fingerprint density at radius 2 is 2.31 bits per heavy atom. The molecular formula is C13H15BrFN. The number of hydrogen-bond acceptors (Lipinski definition) is 1. The van der Waals surface area contributed by atoms with Crippen molar-refractivity contribution in [3.63, 3.8) is 0 Å². The van der Waals surface area contributed by atoms with Gasteiger partial charge in [-0.3, -0.25) is 0 Å². The summed E-state index contributed by atoms with van der Waals surface area (Å²) in [5, 5.41) is 3.21. The van der Waals surface area contributed by atoms with Crippen molar-refractivity contribution in [1.82, 2.24) is 5.32 Å². The van der Waals surface area contributed by atoms with E-state index in [0.717, 1.165) is 24.8 Å². The number of halogens is 2. The van der Waals surface area contributed by atoms with Crippen molar-refractivity contribution >= 4 is 15.9 Å². The lowest BCUT2D eigenvalue weighted by molar-refractivity contribution is 0.529. The Hall–Kier alpha value is -0.850. The lowest BCUT2D eigenvalue weighted by Crippen LogP contribution is -2.16. The second kappa shape index (κ2) is 6.67. The first-order valence-electron chi connectivity index (χ1n) is 5.24. The summed E-state index contributed by atoms with van der Waals surface area (Å²) in [6.45, 7) is 0. The minimum Gasteiger partial charge on any atom is -0.313 e. The molecule has 0 aliphatic heterocycles. The van der Waals surface area contributed by atoms with Crippen molar-refractivity contribution in [1.29, 1.82) is 0 Å². The number of hydrogen-bond donors (Lipinski definition) is 1. The van der Waals surface area contributed by atoms with Crippen molar-refractivity contribution in [3.05, 3.63) is 34.1 Å². The standard InChI is InChI=1S/C13H15BrFN/c1-3-4-5-6-13(16-2)10-7-8-12(15)11(14)9-10/h1,7-9,13,16H,4-6H2,2H3. The van der Waals surface area contributed by atoms with Crippen molar-refractivity contribution in [2.75, 3.05) is 7.05 Å². The van der Waals surface area contributed by atoms with Crippen molar-refractivity contribution in [2.24, 2.45) is 0 Å². The van der Waals surface area contributed by atoms with Crippen LogP contribution in [0.25, 0.3) is 0 Å². The van der Waals surface area contributed by atoms with Gasteiger partial charge in [0.2, 0.25) is 0 Å². The SMILES string of the molecule is C#CCCCC(NC)c1ccc(F)c(Br)c1. The third-order valence-corrected chi connectivity index (χ3v) is 3.12. The van der Waals surface area contributed by atoms with Gasteiger partial charge in [0.05, 0.1) is 4.47 Å². The zero-order valence-corrected chi connectivity index (χ0v) is 10.8. The molecule has 0 aliphatic carbocycles. The Kier molecular flexibility index (Phi) is 5.51. The van der Waals surface area contributed by atoms with Gasteiger partial charge in [-0.2, -0.15) is 0 Å². The van der Waals surface area contributed by atoms with Crippen LogP contribution in [0.3, 0.4) is 0 Å². The van der Waals surface area contributed by atoms with Gasteiger partial charge in [0.1, 0.15) is 5.82 Å². The molecule has 3 heteroatoms. The molecule has 1 nitrogen and oxygen atoms in total. The molecule has 0 spiro atoms. The number of rotatable bonds is 5. The van der Waals surface area contributed by atoms with E-state index in [1.807, 2.05) is 13.1 Å². The molecule has 1 aromatic carbocycles. The van der Waals surface area contributed by atoms with Gasteiger partial charge in [-0.1, -0.05) is 6.07 Å². The highest BCUT2D eigenvalue weighted by Gasteiger charge is 2.10. The van der Waals surface area contributed by atoms with Crippen LogP contribution in [-0.4, -0.2) is 7.05 Å². The molecule has 0 radical (unpaired) electrons. The van der Waals surface area contributed by atoms with Crippen LogP contribution < -0.4 is 5.32 Å². The number of unbranched alkanes of at least 4 members (excludes halogenated alkanes) is 1. The molecule has 0 saturated carbocycles. The van der Waals surface area contributed by atoms with Crippen LogP contribution in [0.1, 0.15) is 30.9 Å². The van der Waals surface area contributed by atoms with Crippen LogP contribution in [0, 0.1) is 18.2 Å². The molecule has 0 fully saturated rings. The molecule has 0 bridgehead atoms. The lowest BCUT2D eigenvalue weighted by Gasteiger charge is -2.16. The fourth-order valence-corrected chi connectivity index (χ4v) is 2.01. The Morgan fingerprint density at radius 1 is 1.56 bits per heavy atom. The Labute approximate surface area is 105 Å². The highest BCUT2D eigenvalue weighted by Crippen LogP contribution is 2.24. The fourth-order valence-electron chi connectivity index (χ4n) is 1.62. The van der Waals surface area contributed by atoms with Crippen molar-refractivity contribution in [2.45, 2.75) is 25.3 Å². The zero-order chi connectivity index (χ0) is 12.0. The monoisotopic (exact) mass is 283 g/mol. The van der Waals surface area contributed by atoms with E-state index in [2.05, 4.69) is 27.2 Å². The average molecular weight is 284 g/mol.